The molecule has 0 aromatic heterocycles. The lowest BCUT2D eigenvalue weighted by Gasteiger charge is -1.87. The van der Waals surface area contributed by atoms with Crippen LogP contribution in [0.5, 0.6) is 0 Å². The van der Waals surface area contributed by atoms with Gasteiger partial charge in [-0.1, -0.05) is 13.3 Å². The Morgan fingerprint density at radius 3 is 2.78 bits per heavy atom. The van der Waals surface area contributed by atoms with Gasteiger partial charge in [0.05, 0.1) is 8.50 Å². The highest BCUT2D eigenvalue weighted by Gasteiger charge is 1.94. The molecule has 0 atom stereocenters. The summed E-state index contributed by atoms with van der Waals surface area (Å²) in [4.78, 5) is 9.39. The van der Waals surface area contributed by atoms with Gasteiger partial charge in [0.25, 0.3) is 0 Å². The van der Waals surface area contributed by atoms with Crippen molar-refractivity contribution < 1.29 is 4.92 Å². The zero-order valence-electron chi connectivity index (χ0n) is 5.13. The standard InChI is InChI=1S/C5H8INO2/c1-2-3-5(6)4-7(8)9/h4H,2-3H2,1H3. The number of allylic oxidation sites excluding steroid dienone is 1. The van der Waals surface area contributed by atoms with Crippen molar-refractivity contribution in [1.29, 1.82) is 0 Å². The van der Waals surface area contributed by atoms with Gasteiger partial charge in [-0.25, -0.2) is 0 Å². The van der Waals surface area contributed by atoms with Crippen molar-refractivity contribution in [3.63, 3.8) is 0 Å². The van der Waals surface area contributed by atoms with Gasteiger partial charge >= 0.3 is 0 Å². The molecule has 4 heteroatoms. The van der Waals surface area contributed by atoms with E-state index >= 15 is 0 Å². The molecule has 0 rings (SSSR count). The first-order valence-corrected chi connectivity index (χ1v) is 3.74. The van der Waals surface area contributed by atoms with E-state index in [1.54, 1.807) is 0 Å². The molecule has 0 saturated carbocycles. The van der Waals surface area contributed by atoms with Gasteiger partial charge in [0, 0.05) is 0 Å². The number of nitrogens with zero attached hydrogens (tertiary/aromatic N) is 1. The molecular formula is C5H8INO2. The highest BCUT2D eigenvalue weighted by Crippen LogP contribution is 2.12. The Morgan fingerprint density at radius 1 is 1.89 bits per heavy atom. The molecule has 52 valence electrons. The van der Waals surface area contributed by atoms with Gasteiger partial charge in [0.2, 0.25) is 6.20 Å². The summed E-state index contributed by atoms with van der Waals surface area (Å²) < 4.78 is 0.806. The second-order valence-corrected chi connectivity index (χ2v) is 3.00. The van der Waals surface area contributed by atoms with Gasteiger partial charge in [-0.2, -0.15) is 0 Å². The summed E-state index contributed by atoms with van der Waals surface area (Å²) in [6, 6.07) is 0. The van der Waals surface area contributed by atoms with Crippen molar-refractivity contribution in [1.82, 2.24) is 0 Å². The number of rotatable bonds is 3. The van der Waals surface area contributed by atoms with Crippen LogP contribution in [0.2, 0.25) is 0 Å². The van der Waals surface area contributed by atoms with E-state index in [1.807, 2.05) is 29.5 Å². The lowest BCUT2D eigenvalue weighted by atomic mass is 10.3. The van der Waals surface area contributed by atoms with Crippen LogP contribution in [0, 0.1) is 10.1 Å². The van der Waals surface area contributed by atoms with Crippen molar-refractivity contribution in [3.05, 3.63) is 19.9 Å². The Balaban J connectivity index is 3.69. The van der Waals surface area contributed by atoms with E-state index in [-0.39, 0.29) is 0 Å². The van der Waals surface area contributed by atoms with Gasteiger partial charge in [-0.3, -0.25) is 10.1 Å². The highest BCUT2D eigenvalue weighted by atomic mass is 127. The summed E-state index contributed by atoms with van der Waals surface area (Å²) in [6.07, 6.45) is 2.81. The summed E-state index contributed by atoms with van der Waals surface area (Å²) >= 11 is 1.98. The summed E-state index contributed by atoms with van der Waals surface area (Å²) in [7, 11) is 0. The lowest BCUT2D eigenvalue weighted by molar-refractivity contribution is -0.402. The Kier molecular flexibility index (Phi) is 4.65. The molecular weight excluding hydrogens is 233 g/mol. The summed E-state index contributed by atoms with van der Waals surface area (Å²) in [6.45, 7) is 1.99. The summed E-state index contributed by atoms with van der Waals surface area (Å²) in [5.74, 6) is 0. The Bertz CT molecular complexity index is 133. The van der Waals surface area contributed by atoms with E-state index in [1.165, 1.54) is 0 Å². The topological polar surface area (TPSA) is 43.1 Å². The van der Waals surface area contributed by atoms with Crippen LogP contribution >= 0.6 is 22.6 Å². The van der Waals surface area contributed by atoms with Crippen molar-refractivity contribution in [2.75, 3.05) is 0 Å². The predicted octanol–water partition coefficient (Wildman–Crippen LogP) is 2.34. The molecule has 9 heavy (non-hydrogen) atoms. The molecule has 3 nitrogen and oxygen atoms in total. The van der Waals surface area contributed by atoms with Crippen molar-refractivity contribution in [3.8, 4) is 0 Å². The molecule has 0 spiro atoms. The molecule has 0 aliphatic heterocycles. The second-order valence-electron chi connectivity index (χ2n) is 1.61. The van der Waals surface area contributed by atoms with E-state index in [0.29, 0.717) is 0 Å². The van der Waals surface area contributed by atoms with Crippen LogP contribution in [0.3, 0.4) is 0 Å². The Hall–Kier alpha value is -0.130. The van der Waals surface area contributed by atoms with Gasteiger partial charge < -0.3 is 0 Å². The van der Waals surface area contributed by atoms with Crippen molar-refractivity contribution in [2.24, 2.45) is 0 Å². The van der Waals surface area contributed by atoms with Gasteiger partial charge in [0.1, 0.15) is 0 Å². The SMILES string of the molecule is CCCC(I)=C[N+](=O)[O-]. The fraction of sp³-hybridized carbons (Fsp3) is 0.600. The molecule has 0 saturated heterocycles. The maximum atomic E-state index is 9.81. The highest BCUT2D eigenvalue weighted by molar-refractivity contribution is 14.1. The van der Waals surface area contributed by atoms with Gasteiger partial charge in [-0.15, -0.1) is 0 Å². The van der Waals surface area contributed by atoms with Crippen LogP contribution in [0.25, 0.3) is 0 Å². The van der Waals surface area contributed by atoms with Crippen molar-refractivity contribution >= 4 is 22.6 Å². The molecule has 0 radical (unpaired) electrons. The average Bonchev–Trinajstić information content (AvgIpc) is 1.63. The van der Waals surface area contributed by atoms with E-state index in [0.717, 1.165) is 22.6 Å². The number of hydrogen-bond donors (Lipinski definition) is 0. The Labute approximate surface area is 67.4 Å². The van der Waals surface area contributed by atoms with Crippen LogP contribution in [-0.4, -0.2) is 4.92 Å². The number of nitro groups is 1. The van der Waals surface area contributed by atoms with E-state index in [4.69, 9.17) is 0 Å². The monoisotopic (exact) mass is 241 g/mol. The van der Waals surface area contributed by atoms with Crippen LogP contribution in [0.4, 0.5) is 0 Å². The first kappa shape index (κ1) is 8.87. The fourth-order valence-electron chi connectivity index (χ4n) is 0.418. The van der Waals surface area contributed by atoms with Gasteiger partial charge in [0.15, 0.2) is 0 Å². The number of hydrogen-bond acceptors (Lipinski definition) is 2. The maximum Gasteiger partial charge on any atom is 0.243 e. The smallest absolute Gasteiger partial charge is 0.243 e. The number of halogens is 1. The largest absolute Gasteiger partial charge is 0.259 e. The molecule has 0 heterocycles. The van der Waals surface area contributed by atoms with Crippen LogP contribution in [-0.2, 0) is 0 Å². The van der Waals surface area contributed by atoms with Crippen LogP contribution < -0.4 is 0 Å². The van der Waals surface area contributed by atoms with Crippen LogP contribution in [0.1, 0.15) is 19.8 Å². The predicted molar refractivity (Wildman–Crippen MR) is 44.0 cm³/mol. The molecule has 0 fully saturated rings. The van der Waals surface area contributed by atoms with E-state index in [9.17, 15) is 10.1 Å². The van der Waals surface area contributed by atoms with Crippen LogP contribution in [0.15, 0.2) is 9.78 Å². The minimum absolute atomic E-state index is 0.419. The molecule has 0 aliphatic rings. The maximum absolute atomic E-state index is 9.81. The van der Waals surface area contributed by atoms with E-state index < -0.39 is 4.92 Å². The zero-order valence-corrected chi connectivity index (χ0v) is 7.29. The quantitative estimate of drug-likeness (QED) is 0.432. The van der Waals surface area contributed by atoms with Crippen molar-refractivity contribution in [2.45, 2.75) is 19.8 Å². The molecule has 0 N–H and O–H groups in total. The van der Waals surface area contributed by atoms with E-state index in [2.05, 4.69) is 0 Å². The minimum Gasteiger partial charge on any atom is -0.259 e. The molecule has 0 amide bonds. The van der Waals surface area contributed by atoms with Gasteiger partial charge in [-0.05, 0) is 29.0 Å². The summed E-state index contributed by atoms with van der Waals surface area (Å²) in [5.41, 5.74) is 0. The molecule has 0 unspecified atom stereocenters. The first-order chi connectivity index (χ1) is 4.16. The summed E-state index contributed by atoms with van der Waals surface area (Å²) in [5, 5.41) is 9.81. The first-order valence-electron chi connectivity index (χ1n) is 2.66. The zero-order chi connectivity index (χ0) is 7.28. The molecule has 0 aromatic carbocycles. The average molecular weight is 241 g/mol. The normalized spacial score (nSPS) is 11.6. The fourth-order valence-corrected chi connectivity index (χ4v) is 1.18. The Morgan fingerprint density at radius 2 is 2.44 bits per heavy atom. The minimum atomic E-state index is -0.419. The third kappa shape index (κ3) is 5.75. The molecule has 0 aromatic rings. The lowest BCUT2D eigenvalue weighted by Crippen LogP contribution is -1.84. The third-order valence-electron chi connectivity index (χ3n) is 0.734. The third-order valence-corrected chi connectivity index (χ3v) is 1.55. The molecule has 0 bridgehead atoms. The molecule has 0 aliphatic carbocycles. The second kappa shape index (κ2) is 4.72.